The Kier molecular flexibility index (Phi) is 5.32. The SMILES string of the molecule is CC(C)N=C1SCN(c2ccc(Br)cc2)C(=O)N1C(C)C. The van der Waals surface area contributed by atoms with Gasteiger partial charge in [-0.05, 0) is 52.0 Å². The normalized spacial score (nSPS) is 18.2. The minimum Gasteiger partial charge on any atom is -0.284 e. The van der Waals surface area contributed by atoms with Gasteiger partial charge < -0.3 is 0 Å². The topological polar surface area (TPSA) is 35.9 Å². The molecule has 0 atom stereocenters. The lowest BCUT2D eigenvalue weighted by Crippen LogP contribution is -2.53. The molecule has 2 rings (SSSR count). The molecule has 114 valence electrons. The van der Waals surface area contributed by atoms with Crippen LogP contribution in [0.25, 0.3) is 0 Å². The summed E-state index contributed by atoms with van der Waals surface area (Å²) in [4.78, 5) is 20.9. The van der Waals surface area contributed by atoms with Crippen molar-refractivity contribution in [1.82, 2.24) is 4.90 Å². The predicted octanol–water partition coefficient (Wildman–Crippen LogP) is 4.55. The van der Waals surface area contributed by atoms with E-state index in [-0.39, 0.29) is 18.1 Å². The quantitative estimate of drug-likeness (QED) is 0.782. The molecule has 1 aromatic rings. The predicted molar refractivity (Wildman–Crippen MR) is 94.0 cm³/mol. The fraction of sp³-hybridized carbons (Fsp3) is 0.467. The highest BCUT2D eigenvalue weighted by Gasteiger charge is 2.33. The molecule has 0 spiro atoms. The summed E-state index contributed by atoms with van der Waals surface area (Å²) in [5.41, 5.74) is 0.907. The van der Waals surface area contributed by atoms with E-state index in [1.165, 1.54) is 0 Å². The molecule has 1 aromatic carbocycles. The average Bonchev–Trinajstić information content (AvgIpc) is 2.39. The van der Waals surface area contributed by atoms with E-state index in [1.54, 1.807) is 21.6 Å². The molecule has 0 unspecified atom stereocenters. The summed E-state index contributed by atoms with van der Waals surface area (Å²) >= 11 is 5.03. The van der Waals surface area contributed by atoms with Crippen LogP contribution < -0.4 is 4.90 Å². The van der Waals surface area contributed by atoms with Gasteiger partial charge in [0, 0.05) is 22.2 Å². The Morgan fingerprint density at radius 1 is 1.19 bits per heavy atom. The lowest BCUT2D eigenvalue weighted by Gasteiger charge is -2.38. The Morgan fingerprint density at radius 2 is 1.81 bits per heavy atom. The van der Waals surface area contributed by atoms with Crippen LogP contribution in [0, 0.1) is 0 Å². The highest BCUT2D eigenvalue weighted by atomic mass is 79.9. The maximum Gasteiger partial charge on any atom is 0.331 e. The number of amides is 2. The first-order valence-corrected chi connectivity index (χ1v) is 8.75. The number of aliphatic imine (C=N–C) groups is 1. The molecule has 21 heavy (non-hydrogen) atoms. The Morgan fingerprint density at radius 3 is 2.33 bits per heavy atom. The lowest BCUT2D eigenvalue weighted by atomic mass is 10.3. The summed E-state index contributed by atoms with van der Waals surface area (Å²) in [7, 11) is 0. The standard InChI is InChI=1S/C15H20BrN3OS/c1-10(2)17-14-19(11(3)4)15(20)18(9-21-14)13-7-5-12(16)6-8-13/h5-8,10-11H,9H2,1-4H3. The van der Waals surface area contributed by atoms with Crippen LogP contribution in [0.4, 0.5) is 10.5 Å². The zero-order chi connectivity index (χ0) is 15.6. The van der Waals surface area contributed by atoms with Crippen molar-refractivity contribution < 1.29 is 4.79 Å². The van der Waals surface area contributed by atoms with Gasteiger partial charge in [-0.1, -0.05) is 27.7 Å². The molecule has 0 N–H and O–H groups in total. The fourth-order valence-electron chi connectivity index (χ4n) is 2.03. The summed E-state index contributed by atoms with van der Waals surface area (Å²) in [6, 6.07) is 8.05. The highest BCUT2D eigenvalue weighted by Crippen LogP contribution is 2.29. The van der Waals surface area contributed by atoms with Crippen LogP contribution in [-0.2, 0) is 0 Å². The smallest absolute Gasteiger partial charge is 0.284 e. The number of amidine groups is 1. The van der Waals surface area contributed by atoms with E-state index in [9.17, 15) is 4.79 Å². The van der Waals surface area contributed by atoms with E-state index in [1.807, 2.05) is 52.0 Å². The van der Waals surface area contributed by atoms with Crippen molar-refractivity contribution in [3.63, 3.8) is 0 Å². The first-order valence-electron chi connectivity index (χ1n) is 6.97. The largest absolute Gasteiger partial charge is 0.331 e. The fourth-order valence-corrected chi connectivity index (χ4v) is 3.51. The van der Waals surface area contributed by atoms with E-state index in [4.69, 9.17) is 0 Å². The number of carbonyl (C=O) groups is 1. The second kappa shape index (κ2) is 6.83. The molecule has 1 aliphatic rings. The maximum absolute atomic E-state index is 12.8. The third kappa shape index (κ3) is 3.80. The van der Waals surface area contributed by atoms with Crippen LogP contribution in [0.15, 0.2) is 33.7 Å². The molecule has 6 heteroatoms. The molecule has 4 nitrogen and oxygen atoms in total. The van der Waals surface area contributed by atoms with Crippen molar-refractivity contribution in [2.24, 2.45) is 4.99 Å². The van der Waals surface area contributed by atoms with Gasteiger partial charge in [0.25, 0.3) is 0 Å². The zero-order valence-corrected chi connectivity index (χ0v) is 15.1. The van der Waals surface area contributed by atoms with Crippen LogP contribution >= 0.6 is 27.7 Å². The molecule has 0 aromatic heterocycles. The Hall–Kier alpha value is -1.01. The molecule has 0 bridgehead atoms. The molecule has 2 amide bonds. The van der Waals surface area contributed by atoms with Crippen LogP contribution in [0.5, 0.6) is 0 Å². The third-order valence-electron chi connectivity index (χ3n) is 2.99. The number of nitrogens with zero attached hydrogens (tertiary/aromatic N) is 3. The van der Waals surface area contributed by atoms with Crippen molar-refractivity contribution in [1.29, 1.82) is 0 Å². The first kappa shape index (κ1) is 16.4. The van der Waals surface area contributed by atoms with Crippen LogP contribution in [-0.4, -0.2) is 34.1 Å². The number of carbonyl (C=O) groups excluding carboxylic acids is 1. The van der Waals surface area contributed by atoms with Crippen molar-refractivity contribution in [2.75, 3.05) is 10.8 Å². The van der Waals surface area contributed by atoms with Gasteiger partial charge >= 0.3 is 6.03 Å². The minimum absolute atomic E-state index is 0.00882. The number of thioether (sulfide) groups is 1. The van der Waals surface area contributed by atoms with Crippen LogP contribution in [0.2, 0.25) is 0 Å². The van der Waals surface area contributed by atoms with Crippen molar-refractivity contribution in [2.45, 2.75) is 39.8 Å². The zero-order valence-electron chi connectivity index (χ0n) is 12.7. The van der Waals surface area contributed by atoms with E-state index in [2.05, 4.69) is 20.9 Å². The number of hydrogen-bond donors (Lipinski definition) is 0. The number of anilines is 1. The number of hydrogen-bond acceptors (Lipinski definition) is 3. The van der Waals surface area contributed by atoms with Gasteiger partial charge in [-0.25, -0.2) is 4.79 Å². The van der Waals surface area contributed by atoms with Gasteiger partial charge in [0.2, 0.25) is 0 Å². The second-order valence-electron chi connectivity index (χ2n) is 5.43. The molecule has 1 aliphatic heterocycles. The van der Waals surface area contributed by atoms with Gasteiger partial charge in [0.15, 0.2) is 5.17 Å². The van der Waals surface area contributed by atoms with Gasteiger partial charge in [-0.2, -0.15) is 0 Å². The molecule has 0 radical (unpaired) electrons. The molecule has 0 aliphatic carbocycles. The van der Waals surface area contributed by atoms with Crippen molar-refractivity contribution in [3.05, 3.63) is 28.7 Å². The molecular formula is C15H20BrN3OS. The maximum atomic E-state index is 12.8. The Labute approximate surface area is 138 Å². The Balaban J connectivity index is 2.29. The summed E-state index contributed by atoms with van der Waals surface area (Å²) in [6.45, 7) is 8.08. The summed E-state index contributed by atoms with van der Waals surface area (Å²) in [6.07, 6.45) is 0. The van der Waals surface area contributed by atoms with E-state index in [0.29, 0.717) is 5.88 Å². The summed E-state index contributed by atoms with van der Waals surface area (Å²) in [5.74, 6) is 0.592. The highest BCUT2D eigenvalue weighted by molar-refractivity contribution is 9.10. The molecular weight excluding hydrogens is 350 g/mol. The average molecular weight is 370 g/mol. The Bertz CT molecular complexity index is 542. The number of rotatable bonds is 3. The van der Waals surface area contributed by atoms with Crippen LogP contribution in [0.1, 0.15) is 27.7 Å². The molecule has 0 saturated carbocycles. The number of urea groups is 1. The minimum atomic E-state index is -0.00882. The van der Waals surface area contributed by atoms with Crippen molar-refractivity contribution >= 4 is 44.6 Å². The van der Waals surface area contributed by atoms with Crippen LogP contribution in [0.3, 0.4) is 0 Å². The number of benzene rings is 1. The van der Waals surface area contributed by atoms with E-state index < -0.39 is 0 Å². The third-order valence-corrected chi connectivity index (χ3v) is 4.47. The molecule has 1 saturated heterocycles. The number of halogens is 1. The monoisotopic (exact) mass is 369 g/mol. The van der Waals surface area contributed by atoms with Gasteiger partial charge in [-0.15, -0.1) is 0 Å². The van der Waals surface area contributed by atoms with Gasteiger partial charge in [-0.3, -0.25) is 14.8 Å². The molecule has 1 fully saturated rings. The first-order chi connectivity index (χ1) is 9.90. The van der Waals surface area contributed by atoms with E-state index >= 15 is 0 Å². The van der Waals surface area contributed by atoms with E-state index in [0.717, 1.165) is 15.3 Å². The summed E-state index contributed by atoms with van der Waals surface area (Å²) < 4.78 is 1.01. The second-order valence-corrected chi connectivity index (χ2v) is 7.26. The van der Waals surface area contributed by atoms with Crippen molar-refractivity contribution in [3.8, 4) is 0 Å². The summed E-state index contributed by atoms with van der Waals surface area (Å²) in [5, 5.41) is 0.818. The van der Waals surface area contributed by atoms with Gasteiger partial charge in [0.1, 0.15) is 0 Å². The lowest BCUT2D eigenvalue weighted by molar-refractivity contribution is 0.220. The van der Waals surface area contributed by atoms with Gasteiger partial charge in [0.05, 0.1) is 5.88 Å². The molecule has 1 heterocycles.